The van der Waals surface area contributed by atoms with Crippen LogP contribution in [0.4, 0.5) is 0 Å². The highest BCUT2D eigenvalue weighted by Gasteiger charge is 2.15. The fraction of sp³-hybridized carbons (Fsp3) is 0.0400. The van der Waals surface area contributed by atoms with Crippen LogP contribution in [0.2, 0.25) is 5.02 Å². The van der Waals surface area contributed by atoms with Crippen LogP contribution in [0.1, 0.15) is 5.56 Å². The minimum atomic E-state index is 0.729. The molecule has 0 fully saturated rings. The zero-order valence-electron chi connectivity index (χ0n) is 15.3. The quantitative estimate of drug-likeness (QED) is 0.296. The number of hydrogen-bond donors (Lipinski definition) is 0. The summed E-state index contributed by atoms with van der Waals surface area (Å²) in [6.45, 7) is 2.07. The molecule has 136 valence electrons. The topological polar surface area (TPSA) is 13.1 Å². The summed E-state index contributed by atoms with van der Waals surface area (Å²) in [6.07, 6.45) is 0. The fourth-order valence-corrected chi connectivity index (χ4v) is 4.91. The van der Waals surface area contributed by atoms with Crippen molar-refractivity contribution in [1.29, 1.82) is 0 Å². The predicted molar refractivity (Wildman–Crippen MR) is 120 cm³/mol. The van der Waals surface area contributed by atoms with E-state index in [9.17, 15) is 0 Å². The molecule has 1 nitrogen and oxygen atoms in total. The average molecular weight is 401 g/mol. The molecule has 0 aliphatic heterocycles. The van der Waals surface area contributed by atoms with Crippen LogP contribution in [0.5, 0.6) is 0 Å². The molecule has 5 rings (SSSR count). The maximum atomic E-state index is 6.39. The van der Waals surface area contributed by atoms with Gasteiger partial charge < -0.3 is 4.42 Å². The summed E-state index contributed by atoms with van der Waals surface area (Å²) in [5.41, 5.74) is 5.41. The first-order chi connectivity index (χ1) is 13.7. The van der Waals surface area contributed by atoms with Gasteiger partial charge in [-0.15, -0.1) is 11.3 Å². The molecule has 3 aromatic carbocycles. The molecular weight excluding hydrogens is 384 g/mol. The van der Waals surface area contributed by atoms with Gasteiger partial charge in [-0.2, -0.15) is 0 Å². The van der Waals surface area contributed by atoms with Gasteiger partial charge in [0.25, 0.3) is 0 Å². The molecule has 0 atom stereocenters. The molecule has 0 radical (unpaired) electrons. The van der Waals surface area contributed by atoms with Gasteiger partial charge in [0.15, 0.2) is 0 Å². The maximum absolute atomic E-state index is 6.39. The van der Waals surface area contributed by atoms with Gasteiger partial charge in [0, 0.05) is 26.3 Å². The Kier molecular flexibility index (Phi) is 4.31. The second kappa shape index (κ2) is 6.97. The zero-order chi connectivity index (χ0) is 19.1. The molecule has 0 saturated heterocycles. The molecule has 0 spiro atoms. The zero-order valence-corrected chi connectivity index (χ0v) is 16.8. The van der Waals surface area contributed by atoms with E-state index in [0.29, 0.717) is 0 Å². The van der Waals surface area contributed by atoms with Gasteiger partial charge in [-0.05, 0) is 48.4 Å². The Morgan fingerprint density at radius 3 is 2.18 bits per heavy atom. The van der Waals surface area contributed by atoms with Gasteiger partial charge in [-0.25, -0.2) is 0 Å². The molecule has 2 aromatic heterocycles. The third-order valence-electron chi connectivity index (χ3n) is 4.98. The Hall–Kier alpha value is -2.81. The number of fused-ring (bicyclic) bond motifs is 1. The first kappa shape index (κ1) is 17.3. The summed E-state index contributed by atoms with van der Waals surface area (Å²) < 4.78 is 6.15. The number of furan rings is 1. The van der Waals surface area contributed by atoms with Crippen LogP contribution in [-0.4, -0.2) is 0 Å². The Balaban J connectivity index is 1.57. The van der Waals surface area contributed by atoms with Crippen molar-refractivity contribution < 1.29 is 4.42 Å². The normalized spacial score (nSPS) is 11.2. The van der Waals surface area contributed by atoms with Crippen LogP contribution < -0.4 is 0 Å². The number of benzene rings is 3. The van der Waals surface area contributed by atoms with Crippen LogP contribution in [0.15, 0.2) is 89.3 Å². The highest BCUT2D eigenvalue weighted by Crippen LogP contribution is 2.39. The Bertz CT molecular complexity index is 1280. The van der Waals surface area contributed by atoms with Crippen molar-refractivity contribution in [3.8, 4) is 32.2 Å². The summed E-state index contributed by atoms with van der Waals surface area (Å²) in [5, 5.41) is 1.72. The molecule has 5 aromatic rings. The first-order valence-corrected chi connectivity index (χ1v) is 10.3. The van der Waals surface area contributed by atoms with E-state index in [2.05, 4.69) is 67.6 Å². The lowest BCUT2D eigenvalue weighted by Gasteiger charge is -2.03. The van der Waals surface area contributed by atoms with Crippen LogP contribution in [0.3, 0.4) is 0 Å². The molecule has 0 aliphatic carbocycles. The van der Waals surface area contributed by atoms with Crippen molar-refractivity contribution in [2.24, 2.45) is 0 Å². The summed E-state index contributed by atoms with van der Waals surface area (Å²) in [5.74, 6) is 0.879. The molecule has 28 heavy (non-hydrogen) atoms. The van der Waals surface area contributed by atoms with Crippen LogP contribution in [0, 0.1) is 6.92 Å². The molecule has 0 aliphatic rings. The largest absolute Gasteiger partial charge is 0.456 e. The lowest BCUT2D eigenvalue weighted by molar-refractivity contribution is 0.629. The lowest BCUT2D eigenvalue weighted by atomic mass is 10.0. The number of thiophene rings is 1. The van der Waals surface area contributed by atoms with Crippen LogP contribution >= 0.6 is 22.9 Å². The van der Waals surface area contributed by atoms with Crippen molar-refractivity contribution in [2.75, 3.05) is 0 Å². The van der Waals surface area contributed by atoms with Gasteiger partial charge >= 0.3 is 0 Å². The first-order valence-electron chi connectivity index (χ1n) is 9.14. The highest BCUT2D eigenvalue weighted by atomic mass is 35.5. The average Bonchev–Trinajstić information content (AvgIpc) is 3.35. The molecule has 0 amide bonds. The van der Waals surface area contributed by atoms with Gasteiger partial charge in [-0.1, -0.05) is 66.2 Å². The molecule has 0 unspecified atom stereocenters. The number of aryl methyl sites for hydroxylation is 1. The van der Waals surface area contributed by atoms with E-state index in [1.54, 1.807) is 11.3 Å². The lowest BCUT2D eigenvalue weighted by Crippen LogP contribution is -1.80. The van der Waals surface area contributed by atoms with E-state index < -0.39 is 0 Å². The van der Waals surface area contributed by atoms with Crippen molar-refractivity contribution in [2.45, 2.75) is 6.92 Å². The summed E-state index contributed by atoms with van der Waals surface area (Å²) in [6, 6.07) is 29.2. The number of halogens is 1. The van der Waals surface area contributed by atoms with E-state index in [1.165, 1.54) is 20.9 Å². The van der Waals surface area contributed by atoms with Gasteiger partial charge in [0.1, 0.15) is 11.3 Å². The summed E-state index contributed by atoms with van der Waals surface area (Å²) >= 11 is 8.20. The standard InChI is InChI=1S/C25H17ClOS/c1-16-24-20(26)11-6-12-21(24)27-25(16)19-10-5-9-18(15-19)23-14-13-22(28-23)17-7-3-2-4-8-17/h2-15H,1H3. The van der Waals surface area contributed by atoms with E-state index in [1.807, 2.05) is 24.3 Å². The highest BCUT2D eigenvalue weighted by molar-refractivity contribution is 7.18. The Morgan fingerprint density at radius 1 is 0.714 bits per heavy atom. The van der Waals surface area contributed by atoms with Crippen molar-refractivity contribution >= 4 is 33.9 Å². The second-order valence-electron chi connectivity index (χ2n) is 6.78. The number of hydrogen-bond acceptors (Lipinski definition) is 2. The smallest absolute Gasteiger partial charge is 0.138 e. The van der Waals surface area contributed by atoms with E-state index in [-0.39, 0.29) is 0 Å². The van der Waals surface area contributed by atoms with Crippen molar-refractivity contribution in [1.82, 2.24) is 0 Å². The monoisotopic (exact) mass is 400 g/mol. The van der Waals surface area contributed by atoms with Crippen LogP contribution in [-0.2, 0) is 0 Å². The minimum absolute atomic E-state index is 0.729. The molecule has 3 heteroatoms. The third kappa shape index (κ3) is 2.95. The van der Waals surface area contributed by atoms with Crippen molar-refractivity contribution in [3.63, 3.8) is 0 Å². The third-order valence-corrected chi connectivity index (χ3v) is 6.47. The summed E-state index contributed by atoms with van der Waals surface area (Å²) in [7, 11) is 0. The van der Waals surface area contributed by atoms with E-state index in [0.717, 1.165) is 32.9 Å². The van der Waals surface area contributed by atoms with E-state index in [4.69, 9.17) is 16.0 Å². The second-order valence-corrected chi connectivity index (χ2v) is 8.27. The van der Waals surface area contributed by atoms with Gasteiger partial charge in [-0.3, -0.25) is 0 Å². The minimum Gasteiger partial charge on any atom is -0.456 e. The summed E-state index contributed by atoms with van der Waals surface area (Å²) in [4.78, 5) is 2.51. The maximum Gasteiger partial charge on any atom is 0.138 e. The predicted octanol–water partition coefficient (Wildman–Crippen LogP) is 8.46. The fourth-order valence-electron chi connectivity index (χ4n) is 3.59. The molecule has 0 saturated carbocycles. The van der Waals surface area contributed by atoms with Crippen LogP contribution in [0.25, 0.3) is 43.2 Å². The van der Waals surface area contributed by atoms with E-state index >= 15 is 0 Å². The molecule has 2 heterocycles. The SMILES string of the molecule is Cc1c(-c2cccc(-c3ccc(-c4ccccc4)s3)c2)oc2cccc(Cl)c12. The molecule has 0 N–H and O–H groups in total. The van der Waals surface area contributed by atoms with Gasteiger partial charge in [0.2, 0.25) is 0 Å². The molecular formula is C25H17ClOS. The molecule has 0 bridgehead atoms. The Labute approximate surface area is 172 Å². The van der Waals surface area contributed by atoms with Gasteiger partial charge in [0.05, 0.1) is 5.02 Å². The Morgan fingerprint density at radius 2 is 1.39 bits per heavy atom. The number of rotatable bonds is 3. The van der Waals surface area contributed by atoms with Crippen molar-refractivity contribution in [3.05, 3.63) is 95.5 Å².